The van der Waals surface area contributed by atoms with Crippen LogP contribution in [0.15, 0.2) is 54.6 Å². The molecule has 0 saturated heterocycles. The first kappa shape index (κ1) is 15.5. The van der Waals surface area contributed by atoms with Crippen LogP contribution in [0.5, 0.6) is 5.75 Å². The van der Waals surface area contributed by atoms with Crippen molar-refractivity contribution in [2.45, 2.75) is 13.0 Å². The summed E-state index contributed by atoms with van der Waals surface area (Å²) in [6.45, 7) is 2.66. The highest BCUT2D eigenvalue weighted by molar-refractivity contribution is 5.27. The largest absolute Gasteiger partial charge is 0.497 e. The Balaban J connectivity index is 1.91. The molecule has 2 rings (SSSR count). The van der Waals surface area contributed by atoms with E-state index in [-0.39, 0.29) is 6.61 Å². The molecule has 3 heteroatoms. The maximum Gasteiger partial charge on any atom is 0.118 e. The first-order chi connectivity index (χ1) is 10.3. The van der Waals surface area contributed by atoms with E-state index in [9.17, 15) is 5.11 Å². The predicted molar refractivity (Wildman–Crippen MR) is 85.5 cm³/mol. The minimum Gasteiger partial charge on any atom is -0.497 e. The van der Waals surface area contributed by atoms with Crippen molar-refractivity contribution in [1.82, 2.24) is 4.90 Å². The molecule has 0 spiro atoms. The quantitative estimate of drug-likeness (QED) is 0.809. The summed E-state index contributed by atoms with van der Waals surface area (Å²) in [6.07, 6.45) is 0.997. The van der Waals surface area contributed by atoms with Crippen LogP contribution in [-0.2, 0) is 13.0 Å². The summed E-state index contributed by atoms with van der Waals surface area (Å²) in [7, 11) is 1.67. The summed E-state index contributed by atoms with van der Waals surface area (Å²) >= 11 is 0. The van der Waals surface area contributed by atoms with Crippen LogP contribution in [0.3, 0.4) is 0 Å². The smallest absolute Gasteiger partial charge is 0.118 e. The monoisotopic (exact) mass is 285 g/mol. The third kappa shape index (κ3) is 5.21. The number of rotatable bonds is 8. The molecule has 2 aromatic carbocycles. The fourth-order valence-corrected chi connectivity index (χ4v) is 2.33. The first-order valence-corrected chi connectivity index (χ1v) is 7.32. The molecule has 0 fully saturated rings. The van der Waals surface area contributed by atoms with Gasteiger partial charge in [-0.25, -0.2) is 0 Å². The van der Waals surface area contributed by atoms with Crippen LogP contribution >= 0.6 is 0 Å². The van der Waals surface area contributed by atoms with Crippen molar-refractivity contribution < 1.29 is 9.84 Å². The van der Waals surface area contributed by atoms with Crippen LogP contribution in [0.1, 0.15) is 11.1 Å². The van der Waals surface area contributed by atoms with E-state index in [0.717, 1.165) is 25.3 Å². The van der Waals surface area contributed by atoms with E-state index in [1.165, 1.54) is 11.1 Å². The first-order valence-electron chi connectivity index (χ1n) is 7.32. The second-order valence-electron chi connectivity index (χ2n) is 5.08. The van der Waals surface area contributed by atoms with Gasteiger partial charge in [-0.15, -0.1) is 0 Å². The predicted octanol–water partition coefficient (Wildman–Crippen LogP) is 2.73. The zero-order valence-corrected chi connectivity index (χ0v) is 12.5. The van der Waals surface area contributed by atoms with Crippen LogP contribution in [0, 0.1) is 0 Å². The highest BCUT2D eigenvalue weighted by Gasteiger charge is 2.06. The van der Waals surface area contributed by atoms with Gasteiger partial charge in [-0.1, -0.05) is 42.5 Å². The molecule has 3 nitrogen and oxygen atoms in total. The van der Waals surface area contributed by atoms with Crippen molar-refractivity contribution in [2.24, 2.45) is 0 Å². The van der Waals surface area contributed by atoms with Crippen LogP contribution in [-0.4, -0.2) is 36.8 Å². The number of aliphatic hydroxyl groups is 1. The van der Waals surface area contributed by atoms with Gasteiger partial charge in [0.2, 0.25) is 0 Å². The standard InChI is InChI=1S/C18H23NO2/c1-21-18-9-7-17(8-10-18)15-19(13-14-20)12-11-16-5-3-2-4-6-16/h2-10,20H,11-15H2,1H3. The van der Waals surface area contributed by atoms with E-state index in [1.54, 1.807) is 7.11 Å². The van der Waals surface area contributed by atoms with Gasteiger partial charge in [0.05, 0.1) is 13.7 Å². The number of aliphatic hydroxyl groups excluding tert-OH is 1. The molecule has 0 bridgehead atoms. The lowest BCUT2D eigenvalue weighted by Crippen LogP contribution is -2.28. The lowest BCUT2D eigenvalue weighted by molar-refractivity contribution is 0.191. The average Bonchev–Trinajstić information content (AvgIpc) is 2.54. The summed E-state index contributed by atoms with van der Waals surface area (Å²) in [5.74, 6) is 0.872. The minimum atomic E-state index is 0.185. The van der Waals surface area contributed by atoms with E-state index in [2.05, 4.69) is 41.3 Å². The Hall–Kier alpha value is -1.84. The summed E-state index contributed by atoms with van der Waals surface area (Å²) < 4.78 is 5.17. The maximum atomic E-state index is 9.23. The number of hydrogen-bond donors (Lipinski definition) is 1. The third-order valence-corrected chi connectivity index (χ3v) is 3.54. The molecule has 0 aliphatic rings. The molecule has 2 aromatic rings. The SMILES string of the molecule is COc1ccc(CN(CCO)CCc2ccccc2)cc1. The molecule has 0 radical (unpaired) electrons. The second kappa shape index (κ2) is 8.45. The molecule has 112 valence electrons. The normalized spacial score (nSPS) is 10.8. The Morgan fingerprint density at radius 1 is 0.905 bits per heavy atom. The van der Waals surface area contributed by atoms with Crippen molar-refractivity contribution in [3.63, 3.8) is 0 Å². The highest BCUT2D eigenvalue weighted by atomic mass is 16.5. The average molecular weight is 285 g/mol. The van der Waals surface area contributed by atoms with Gasteiger partial charge in [-0.3, -0.25) is 4.90 Å². The van der Waals surface area contributed by atoms with Gasteiger partial charge in [0.15, 0.2) is 0 Å². The lowest BCUT2D eigenvalue weighted by atomic mass is 10.1. The Morgan fingerprint density at radius 2 is 1.62 bits per heavy atom. The molecule has 0 amide bonds. The van der Waals surface area contributed by atoms with Gasteiger partial charge in [0.1, 0.15) is 5.75 Å². The molecule has 0 atom stereocenters. The van der Waals surface area contributed by atoms with Crippen LogP contribution in [0.4, 0.5) is 0 Å². The van der Waals surface area contributed by atoms with E-state index in [1.807, 2.05) is 18.2 Å². The summed E-state index contributed by atoms with van der Waals surface area (Å²) in [4.78, 5) is 2.27. The van der Waals surface area contributed by atoms with Crippen molar-refractivity contribution >= 4 is 0 Å². The van der Waals surface area contributed by atoms with Gasteiger partial charge >= 0.3 is 0 Å². The molecule has 0 saturated carbocycles. The Bertz CT molecular complexity index is 511. The number of ether oxygens (including phenoxy) is 1. The van der Waals surface area contributed by atoms with Crippen molar-refractivity contribution in [3.8, 4) is 5.75 Å². The fourth-order valence-electron chi connectivity index (χ4n) is 2.33. The molecule has 21 heavy (non-hydrogen) atoms. The van der Waals surface area contributed by atoms with Crippen molar-refractivity contribution in [2.75, 3.05) is 26.8 Å². The van der Waals surface area contributed by atoms with Gasteiger partial charge in [0, 0.05) is 19.6 Å². The van der Waals surface area contributed by atoms with Crippen LogP contribution in [0.25, 0.3) is 0 Å². The number of nitrogens with zero attached hydrogens (tertiary/aromatic N) is 1. The van der Waals surface area contributed by atoms with E-state index < -0.39 is 0 Å². The minimum absolute atomic E-state index is 0.185. The third-order valence-electron chi connectivity index (χ3n) is 3.54. The topological polar surface area (TPSA) is 32.7 Å². The summed E-state index contributed by atoms with van der Waals surface area (Å²) in [6, 6.07) is 18.6. The van der Waals surface area contributed by atoms with Gasteiger partial charge < -0.3 is 9.84 Å². The molecule has 0 aliphatic heterocycles. The Kier molecular flexibility index (Phi) is 6.25. The molecule has 0 heterocycles. The zero-order valence-electron chi connectivity index (χ0n) is 12.5. The maximum absolute atomic E-state index is 9.23. The molecule has 0 unspecified atom stereocenters. The Labute approximate surface area is 126 Å². The van der Waals surface area contributed by atoms with Crippen molar-refractivity contribution in [3.05, 3.63) is 65.7 Å². The van der Waals surface area contributed by atoms with E-state index >= 15 is 0 Å². The second-order valence-corrected chi connectivity index (χ2v) is 5.08. The molecule has 1 N–H and O–H groups in total. The van der Waals surface area contributed by atoms with E-state index in [0.29, 0.717) is 6.54 Å². The van der Waals surface area contributed by atoms with E-state index in [4.69, 9.17) is 4.74 Å². The van der Waals surface area contributed by atoms with Gasteiger partial charge in [-0.05, 0) is 29.7 Å². The van der Waals surface area contributed by atoms with Gasteiger partial charge in [0.25, 0.3) is 0 Å². The fraction of sp³-hybridized carbons (Fsp3) is 0.333. The van der Waals surface area contributed by atoms with Crippen molar-refractivity contribution in [1.29, 1.82) is 0 Å². The lowest BCUT2D eigenvalue weighted by Gasteiger charge is -2.21. The molecule has 0 aliphatic carbocycles. The van der Waals surface area contributed by atoms with Crippen LogP contribution < -0.4 is 4.74 Å². The van der Waals surface area contributed by atoms with Crippen LogP contribution in [0.2, 0.25) is 0 Å². The number of benzene rings is 2. The molecular weight excluding hydrogens is 262 g/mol. The molecular formula is C18H23NO2. The highest BCUT2D eigenvalue weighted by Crippen LogP contribution is 2.13. The number of methoxy groups -OCH3 is 1. The summed E-state index contributed by atoms with van der Waals surface area (Å²) in [5.41, 5.74) is 2.56. The summed E-state index contributed by atoms with van der Waals surface area (Å²) in [5, 5.41) is 9.23. The van der Waals surface area contributed by atoms with Gasteiger partial charge in [-0.2, -0.15) is 0 Å². The molecule has 0 aromatic heterocycles. The number of hydrogen-bond acceptors (Lipinski definition) is 3. The zero-order chi connectivity index (χ0) is 14.9. The Morgan fingerprint density at radius 3 is 2.24 bits per heavy atom.